The summed E-state index contributed by atoms with van der Waals surface area (Å²) in [5.74, 6) is 2.30. The zero-order valence-corrected chi connectivity index (χ0v) is 15.3. The quantitative estimate of drug-likeness (QED) is 0.627. The lowest BCUT2D eigenvalue weighted by atomic mass is 10.1. The van der Waals surface area contributed by atoms with Gasteiger partial charge in [0.05, 0.1) is 17.0 Å². The van der Waals surface area contributed by atoms with Gasteiger partial charge in [-0.1, -0.05) is 12.1 Å². The van der Waals surface area contributed by atoms with E-state index in [-0.39, 0.29) is 0 Å². The van der Waals surface area contributed by atoms with Gasteiger partial charge in [-0.2, -0.15) is 0 Å². The van der Waals surface area contributed by atoms with Gasteiger partial charge in [0.25, 0.3) is 0 Å². The Morgan fingerprint density at radius 3 is 2.27 bits per heavy atom. The molecule has 0 saturated carbocycles. The van der Waals surface area contributed by atoms with E-state index in [1.807, 2.05) is 70.2 Å². The second-order valence-corrected chi connectivity index (χ2v) is 6.48. The summed E-state index contributed by atoms with van der Waals surface area (Å²) in [6, 6.07) is 13.6. The fourth-order valence-electron chi connectivity index (χ4n) is 3.20. The molecule has 0 atom stereocenters. The molecule has 1 aliphatic heterocycles. The zero-order chi connectivity index (χ0) is 18.4. The number of para-hydroxylation sites is 2. The number of fused-ring (bicyclic) bond motifs is 1. The third-order valence-electron chi connectivity index (χ3n) is 4.81. The predicted molar refractivity (Wildman–Crippen MR) is 104 cm³/mol. The monoisotopic (exact) mass is 347 g/mol. The number of allylic oxidation sites excluding steroid dienone is 4. The Kier molecular flexibility index (Phi) is 3.72. The van der Waals surface area contributed by atoms with Gasteiger partial charge in [-0.3, -0.25) is 0 Å². The highest BCUT2D eigenvalue weighted by Gasteiger charge is 2.22. The van der Waals surface area contributed by atoms with E-state index in [0.717, 1.165) is 45.3 Å². The standard InChI is InChI=1S/C21H21N3O2/c1-12-14(3)25-15(4)13(2)24(12)16-9-10-17(18(22)11-16)21-23-19-7-5-6-8-20(19)26-21/h5-11H,22H2,1-4H3. The number of hydrogen-bond donors (Lipinski definition) is 1. The fourth-order valence-corrected chi connectivity index (χ4v) is 3.20. The van der Waals surface area contributed by atoms with Crippen LogP contribution < -0.4 is 10.6 Å². The van der Waals surface area contributed by atoms with Crippen LogP contribution >= 0.6 is 0 Å². The number of anilines is 2. The summed E-state index contributed by atoms with van der Waals surface area (Å²) in [7, 11) is 0. The number of aromatic nitrogens is 1. The third-order valence-corrected chi connectivity index (χ3v) is 4.81. The van der Waals surface area contributed by atoms with E-state index in [9.17, 15) is 0 Å². The van der Waals surface area contributed by atoms with Crippen molar-refractivity contribution in [2.45, 2.75) is 27.7 Å². The van der Waals surface area contributed by atoms with Gasteiger partial charge in [0.2, 0.25) is 5.89 Å². The maximum atomic E-state index is 6.35. The SMILES string of the molecule is CC1=C(C)N(c2ccc(-c3nc4ccccc4o3)c(N)c2)C(C)=C(C)O1. The van der Waals surface area contributed by atoms with Crippen LogP contribution in [0.2, 0.25) is 0 Å². The first-order chi connectivity index (χ1) is 12.5. The van der Waals surface area contributed by atoms with Crippen LogP contribution in [0.5, 0.6) is 0 Å². The molecule has 0 unspecified atom stereocenters. The molecule has 0 radical (unpaired) electrons. The van der Waals surface area contributed by atoms with Gasteiger partial charge in [-0.15, -0.1) is 0 Å². The summed E-state index contributed by atoms with van der Waals surface area (Å²) in [4.78, 5) is 6.69. The van der Waals surface area contributed by atoms with Gasteiger partial charge in [-0.05, 0) is 58.0 Å². The summed E-state index contributed by atoms with van der Waals surface area (Å²) < 4.78 is 11.6. The molecule has 26 heavy (non-hydrogen) atoms. The summed E-state index contributed by atoms with van der Waals surface area (Å²) in [6.07, 6.45) is 0. The highest BCUT2D eigenvalue weighted by Crippen LogP contribution is 2.37. The van der Waals surface area contributed by atoms with Crippen LogP contribution in [-0.2, 0) is 4.74 Å². The van der Waals surface area contributed by atoms with Crippen molar-refractivity contribution in [1.82, 2.24) is 4.98 Å². The molecule has 0 saturated heterocycles. The third kappa shape index (κ3) is 2.52. The topological polar surface area (TPSA) is 64.5 Å². The predicted octanol–water partition coefficient (Wildman–Crippen LogP) is 5.42. The zero-order valence-electron chi connectivity index (χ0n) is 15.3. The minimum atomic E-state index is 0.532. The van der Waals surface area contributed by atoms with E-state index in [0.29, 0.717) is 11.6 Å². The van der Waals surface area contributed by atoms with Gasteiger partial charge in [0, 0.05) is 11.4 Å². The van der Waals surface area contributed by atoms with Crippen LogP contribution in [-0.4, -0.2) is 4.98 Å². The summed E-state index contributed by atoms with van der Waals surface area (Å²) >= 11 is 0. The molecule has 132 valence electrons. The maximum absolute atomic E-state index is 6.35. The van der Waals surface area contributed by atoms with Gasteiger partial charge in [-0.25, -0.2) is 4.98 Å². The van der Waals surface area contributed by atoms with Crippen molar-refractivity contribution in [2.24, 2.45) is 0 Å². The van der Waals surface area contributed by atoms with Gasteiger partial charge >= 0.3 is 0 Å². The second-order valence-electron chi connectivity index (χ2n) is 6.48. The number of oxazole rings is 1. The van der Waals surface area contributed by atoms with Crippen LogP contribution in [0.1, 0.15) is 27.7 Å². The van der Waals surface area contributed by atoms with Gasteiger partial charge < -0.3 is 19.8 Å². The molecule has 5 heteroatoms. The highest BCUT2D eigenvalue weighted by molar-refractivity contribution is 5.81. The summed E-state index contributed by atoms with van der Waals surface area (Å²) in [5.41, 5.74) is 12.4. The van der Waals surface area contributed by atoms with E-state index in [2.05, 4.69) is 9.88 Å². The minimum absolute atomic E-state index is 0.532. The highest BCUT2D eigenvalue weighted by atomic mass is 16.5. The molecule has 0 amide bonds. The Morgan fingerprint density at radius 2 is 1.62 bits per heavy atom. The molecule has 2 N–H and O–H groups in total. The number of nitrogen functional groups attached to an aromatic ring is 1. The number of nitrogens with two attached hydrogens (primary N) is 1. The van der Waals surface area contributed by atoms with Gasteiger partial charge in [0.1, 0.15) is 17.0 Å². The van der Waals surface area contributed by atoms with Crippen molar-refractivity contribution < 1.29 is 9.15 Å². The number of nitrogens with zero attached hydrogens (tertiary/aromatic N) is 2. The molecule has 2 aromatic carbocycles. The molecule has 0 aliphatic carbocycles. The fraction of sp³-hybridized carbons (Fsp3) is 0.190. The normalized spacial score (nSPS) is 15.0. The molecule has 0 spiro atoms. The molecule has 1 aliphatic rings. The molecule has 5 nitrogen and oxygen atoms in total. The van der Waals surface area contributed by atoms with Crippen LogP contribution in [0, 0.1) is 0 Å². The average molecular weight is 347 g/mol. The van der Waals surface area contributed by atoms with Crippen molar-refractivity contribution in [3.05, 3.63) is 65.4 Å². The number of hydrogen-bond acceptors (Lipinski definition) is 5. The Morgan fingerprint density at radius 1 is 0.923 bits per heavy atom. The minimum Gasteiger partial charge on any atom is -0.463 e. The van der Waals surface area contributed by atoms with Crippen molar-refractivity contribution >= 4 is 22.5 Å². The van der Waals surface area contributed by atoms with E-state index < -0.39 is 0 Å². The Balaban J connectivity index is 1.78. The second kappa shape index (κ2) is 5.95. The average Bonchev–Trinajstić information content (AvgIpc) is 3.04. The largest absolute Gasteiger partial charge is 0.463 e. The Labute approximate surface area is 152 Å². The van der Waals surface area contributed by atoms with E-state index in [1.165, 1.54) is 0 Å². The number of rotatable bonds is 2. The van der Waals surface area contributed by atoms with Crippen LogP contribution in [0.4, 0.5) is 11.4 Å². The van der Waals surface area contributed by atoms with Gasteiger partial charge in [0.15, 0.2) is 5.58 Å². The smallest absolute Gasteiger partial charge is 0.229 e. The van der Waals surface area contributed by atoms with Crippen molar-refractivity contribution in [2.75, 3.05) is 10.6 Å². The molecule has 2 heterocycles. The summed E-state index contributed by atoms with van der Waals surface area (Å²) in [6.45, 7) is 8.01. The van der Waals surface area contributed by atoms with Crippen LogP contribution in [0.25, 0.3) is 22.6 Å². The first-order valence-electron chi connectivity index (χ1n) is 8.54. The first kappa shape index (κ1) is 16.3. The molecule has 0 bridgehead atoms. The van der Waals surface area contributed by atoms with E-state index in [1.54, 1.807) is 0 Å². The Bertz CT molecular complexity index is 1020. The summed E-state index contributed by atoms with van der Waals surface area (Å²) in [5, 5.41) is 0. The molecule has 1 aromatic heterocycles. The number of benzene rings is 2. The molecular weight excluding hydrogens is 326 g/mol. The van der Waals surface area contributed by atoms with Crippen LogP contribution in [0.3, 0.4) is 0 Å². The molecule has 3 aromatic rings. The van der Waals surface area contributed by atoms with E-state index >= 15 is 0 Å². The lowest BCUT2D eigenvalue weighted by molar-refractivity contribution is 0.288. The van der Waals surface area contributed by atoms with Crippen molar-refractivity contribution in [1.29, 1.82) is 0 Å². The number of ether oxygens (including phenoxy) is 1. The van der Waals surface area contributed by atoms with E-state index in [4.69, 9.17) is 14.9 Å². The van der Waals surface area contributed by atoms with Crippen molar-refractivity contribution in [3.63, 3.8) is 0 Å². The first-order valence-corrected chi connectivity index (χ1v) is 8.54. The molecule has 0 fully saturated rings. The lowest BCUT2D eigenvalue weighted by Gasteiger charge is -2.33. The van der Waals surface area contributed by atoms with Crippen LogP contribution in [0.15, 0.2) is 69.8 Å². The maximum Gasteiger partial charge on any atom is 0.229 e. The van der Waals surface area contributed by atoms with Crippen molar-refractivity contribution in [3.8, 4) is 11.5 Å². The lowest BCUT2D eigenvalue weighted by Crippen LogP contribution is -2.25. The molecule has 4 rings (SSSR count). The molecular formula is C21H21N3O2. The Hall–Kier alpha value is -3.21.